The van der Waals surface area contributed by atoms with Gasteiger partial charge in [0.15, 0.2) is 0 Å². The third-order valence-electron chi connectivity index (χ3n) is 3.69. The highest BCUT2D eigenvalue weighted by Gasteiger charge is 2.41. The zero-order chi connectivity index (χ0) is 10.9. The summed E-state index contributed by atoms with van der Waals surface area (Å²) in [7, 11) is 0. The van der Waals surface area contributed by atoms with Crippen molar-refractivity contribution >= 4 is 5.91 Å². The summed E-state index contributed by atoms with van der Waals surface area (Å²) >= 11 is 0. The number of carbonyl (C=O) groups is 1. The van der Waals surface area contributed by atoms with Gasteiger partial charge in [0, 0.05) is 26.3 Å². The lowest BCUT2D eigenvalue weighted by molar-refractivity contribution is -0.131. The molecule has 2 rings (SSSR count). The van der Waals surface area contributed by atoms with Crippen LogP contribution in [0.1, 0.15) is 26.2 Å². The molecule has 0 aromatic heterocycles. The van der Waals surface area contributed by atoms with E-state index in [1.165, 1.54) is 0 Å². The molecule has 0 aromatic rings. The predicted octanol–water partition coefficient (Wildman–Crippen LogP) is 0.363. The fraction of sp³-hybridized carbons (Fsp3) is 0.909. The maximum absolute atomic E-state index is 11.7. The molecule has 2 aliphatic heterocycles. The Labute approximate surface area is 90.8 Å². The molecule has 2 aliphatic rings. The van der Waals surface area contributed by atoms with Crippen LogP contribution in [-0.4, -0.2) is 43.2 Å². The Morgan fingerprint density at radius 1 is 1.40 bits per heavy atom. The third-order valence-corrected chi connectivity index (χ3v) is 3.69. The number of likely N-dealkylation sites (tertiary alicyclic amines) is 1. The van der Waals surface area contributed by atoms with Crippen molar-refractivity contribution < 1.29 is 9.53 Å². The number of hydrogen-bond donors (Lipinski definition) is 1. The Morgan fingerprint density at radius 2 is 2.07 bits per heavy atom. The Balaban J connectivity index is 1.96. The van der Waals surface area contributed by atoms with Gasteiger partial charge in [0.2, 0.25) is 5.91 Å². The number of ether oxygens (including phenoxy) is 1. The summed E-state index contributed by atoms with van der Waals surface area (Å²) in [5.41, 5.74) is 5.95. The summed E-state index contributed by atoms with van der Waals surface area (Å²) in [4.78, 5) is 13.7. The van der Waals surface area contributed by atoms with Gasteiger partial charge in [-0.15, -0.1) is 0 Å². The van der Waals surface area contributed by atoms with Crippen molar-refractivity contribution in [3.8, 4) is 0 Å². The van der Waals surface area contributed by atoms with E-state index in [4.69, 9.17) is 10.5 Å². The van der Waals surface area contributed by atoms with Crippen LogP contribution in [0.3, 0.4) is 0 Å². The molecule has 0 radical (unpaired) electrons. The van der Waals surface area contributed by atoms with Crippen LogP contribution in [-0.2, 0) is 9.53 Å². The van der Waals surface area contributed by atoms with E-state index in [-0.39, 0.29) is 11.9 Å². The number of nitrogens with zero attached hydrogens (tertiary/aromatic N) is 1. The first kappa shape index (κ1) is 10.9. The number of rotatable bonds is 1. The Kier molecular flexibility index (Phi) is 2.98. The van der Waals surface area contributed by atoms with Crippen molar-refractivity contribution in [1.82, 2.24) is 4.90 Å². The first-order valence-electron chi connectivity index (χ1n) is 5.75. The van der Waals surface area contributed by atoms with Crippen molar-refractivity contribution in [2.75, 3.05) is 26.3 Å². The van der Waals surface area contributed by atoms with Crippen molar-refractivity contribution in [2.24, 2.45) is 11.1 Å². The van der Waals surface area contributed by atoms with Crippen molar-refractivity contribution in [1.29, 1.82) is 0 Å². The summed E-state index contributed by atoms with van der Waals surface area (Å²) in [6, 6.07) is -0.361. The van der Waals surface area contributed by atoms with Gasteiger partial charge in [0.25, 0.3) is 0 Å². The van der Waals surface area contributed by atoms with Gasteiger partial charge in [-0.3, -0.25) is 4.79 Å². The van der Waals surface area contributed by atoms with Gasteiger partial charge in [-0.1, -0.05) is 0 Å². The monoisotopic (exact) mass is 212 g/mol. The molecule has 2 fully saturated rings. The van der Waals surface area contributed by atoms with Gasteiger partial charge in [-0.05, 0) is 31.6 Å². The lowest BCUT2D eigenvalue weighted by Crippen LogP contribution is -2.42. The highest BCUT2D eigenvalue weighted by Crippen LogP contribution is 2.39. The van der Waals surface area contributed by atoms with Crippen molar-refractivity contribution in [3.05, 3.63) is 0 Å². The second-order valence-corrected chi connectivity index (χ2v) is 4.91. The average molecular weight is 212 g/mol. The van der Waals surface area contributed by atoms with Crippen molar-refractivity contribution in [3.63, 3.8) is 0 Å². The molecular weight excluding hydrogens is 192 g/mol. The number of carbonyl (C=O) groups excluding carboxylic acids is 1. The minimum absolute atomic E-state index is 0.0957. The van der Waals surface area contributed by atoms with E-state index < -0.39 is 0 Å². The van der Waals surface area contributed by atoms with E-state index in [1.54, 1.807) is 6.92 Å². The van der Waals surface area contributed by atoms with Crippen LogP contribution in [0.15, 0.2) is 0 Å². The van der Waals surface area contributed by atoms with Crippen molar-refractivity contribution in [2.45, 2.75) is 32.2 Å². The standard InChI is InChI=1S/C11H20N2O2/c1-9(12)10(14)13-5-2-11(8-13)3-6-15-7-4-11/h9H,2-8,12H2,1H3. The van der Waals surface area contributed by atoms with Gasteiger partial charge in [0.1, 0.15) is 0 Å². The van der Waals surface area contributed by atoms with Crippen LogP contribution < -0.4 is 5.73 Å². The molecule has 86 valence electrons. The maximum atomic E-state index is 11.7. The first-order valence-corrected chi connectivity index (χ1v) is 5.75. The van der Waals surface area contributed by atoms with Gasteiger partial charge in [-0.25, -0.2) is 0 Å². The maximum Gasteiger partial charge on any atom is 0.239 e. The molecular formula is C11H20N2O2. The minimum Gasteiger partial charge on any atom is -0.381 e. The van der Waals surface area contributed by atoms with E-state index in [1.807, 2.05) is 4.90 Å². The Bertz CT molecular complexity index is 247. The van der Waals surface area contributed by atoms with Crippen LogP contribution in [0.4, 0.5) is 0 Å². The topological polar surface area (TPSA) is 55.6 Å². The summed E-state index contributed by atoms with van der Waals surface area (Å²) in [5.74, 6) is 0.0957. The van der Waals surface area contributed by atoms with Crippen LogP contribution in [0.2, 0.25) is 0 Å². The molecule has 4 nitrogen and oxygen atoms in total. The molecule has 1 atom stereocenters. The van der Waals surface area contributed by atoms with Crippen LogP contribution in [0, 0.1) is 5.41 Å². The largest absolute Gasteiger partial charge is 0.381 e. The Morgan fingerprint density at radius 3 is 2.67 bits per heavy atom. The highest BCUT2D eigenvalue weighted by atomic mass is 16.5. The molecule has 0 bridgehead atoms. The molecule has 0 aromatic carbocycles. The molecule has 0 aliphatic carbocycles. The third kappa shape index (κ3) is 2.16. The summed E-state index contributed by atoms with van der Waals surface area (Å²) in [6.45, 7) is 5.22. The SMILES string of the molecule is CC(N)C(=O)N1CCC2(CCOCC2)C1. The zero-order valence-electron chi connectivity index (χ0n) is 9.37. The van der Waals surface area contributed by atoms with Crippen LogP contribution >= 0.6 is 0 Å². The summed E-state index contributed by atoms with van der Waals surface area (Å²) < 4.78 is 5.37. The molecule has 0 saturated carbocycles. The van der Waals surface area contributed by atoms with E-state index in [0.29, 0.717) is 5.41 Å². The number of amides is 1. The first-order chi connectivity index (χ1) is 7.13. The summed E-state index contributed by atoms with van der Waals surface area (Å²) in [5, 5.41) is 0. The zero-order valence-corrected chi connectivity index (χ0v) is 9.37. The molecule has 2 N–H and O–H groups in total. The molecule has 2 saturated heterocycles. The van der Waals surface area contributed by atoms with E-state index in [9.17, 15) is 4.79 Å². The van der Waals surface area contributed by atoms with E-state index in [2.05, 4.69) is 0 Å². The van der Waals surface area contributed by atoms with Gasteiger partial charge >= 0.3 is 0 Å². The number of nitrogens with two attached hydrogens (primary N) is 1. The highest BCUT2D eigenvalue weighted by molar-refractivity contribution is 5.81. The quantitative estimate of drug-likeness (QED) is 0.683. The molecule has 1 amide bonds. The van der Waals surface area contributed by atoms with E-state index in [0.717, 1.165) is 45.6 Å². The second-order valence-electron chi connectivity index (χ2n) is 4.91. The average Bonchev–Trinajstić information content (AvgIpc) is 2.62. The summed E-state index contributed by atoms with van der Waals surface area (Å²) in [6.07, 6.45) is 3.31. The van der Waals surface area contributed by atoms with Gasteiger partial charge in [0.05, 0.1) is 6.04 Å². The molecule has 1 unspecified atom stereocenters. The second kappa shape index (κ2) is 4.10. The van der Waals surface area contributed by atoms with E-state index >= 15 is 0 Å². The fourth-order valence-electron chi connectivity index (χ4n) is 2.62. The molecule has 15 heavy (non-hydrogen) atoms. The van der Waals surface area contributed by atoms with Gasteiger partial charge in [-0.2, -0.15) is 0 Å². The predicted molar refractivity (Wildman–Crippen MR) is 57.3 cm³/mol. The molecule has 4 heteroatoms. The molecule has 2 heterocycles. The lowest BCUT2D eigenvalue weighted by atomic mass is 9.80. The van der Waals surface area contributed by atoms with Gasteiger partial charge < -0.3 is 15.4 Å². The fourth-order valence-corrected chi connectivity index (χ4v) is 2.62. The number of hydrogen-bond acceptors (Lipinski definition) is 3. The smallest absolute Gasteiger partial charge is 0.239 e. The normalized spacial score (nSPS) is 26.9. The Hall–Kier alpha value is -0.610. The minimum atomic E-state index is -0.361. The van der Waals surface area contributed by atoms with Crippen LogP contribution in [0.25, 0.3) is 0 Å². The lowest BCUT2D eigenvalue weighted by Gasteiger charge is -2.33. The molecule has 1 spiro atoms. The van der Waals surface area contributed by atoms with Crippen LogP contribution in [0.5, 0.6) is 0 Å².